The first-order valence-electron chi connectivity index (χ1n) is 9.57. The quantitative estimate of drug-likeness (QED) is 0.498. The summed E-state index contributed by atoms with van der Waals surface area (Å²) in [5, 5.41) is 5.79. The lowest BCUT2D eigenvalue weighted by molar-refractivity contribution is -0.144. The fraction of sp³-hybridized carbons (Fsp3) is 0.478. The van der Waals surface area contributed by atoms with E-state index >= 15 is 0 Å². The van der Waals surface area contributed by atoms with Crippen LogP contribution < -0.4 is 15.4 Å². The number of nitrogens with one attached hydrogen (secondary N) is 2. The summed E-state index contributed by atoms with van der Waals surface area (Å²) in [6.07, 6.45) is -0.634. The van der Waals surface area contributed by atoms with Crippen LogP contribution in [0.2, 0.25) is 0 Å². The number of rotatable bonds is 8. The Morgan fingerprint density at radius 1 is 1.13 bits per heavy atom. The molecule has 0 spiro atoms. The highest BCUT2D eigenvalue weighted by Crippen LogP contribution is 2.20. The van der Waals surface area contributed by atoms with E-state index in [0.717, 1.165) is 5.56 Å². The van der Waals surface area contributed by atoms with Crippen molar-refractivity contribution in [2.45, 2.75) is 58.7 Å². The number of esters is 1. The Kier molecular flexibility index (Phi) is 8.78. The van der Waals surface area contributed by atoms with Gasteiger partial charge in [0.2, 0.25) is 0 Å². The van der Waals surface area contributed by atoms with Gasteiger partial charge in [0.25, 0.3) is 0 Å². The summed E-state index contributed by atoms with van der Waals surface area (Å²) < 4.78 is 15.7. The lowest BCUT2D eigenvalue weighted by Gasteiger charge is -2.35. The molecule has 0 heterocycles. The normalized spacial score (nSPS) is 12.0. The van der Waals surface area contributed by atoms with Crippen molar-refractivity contribution >= 4 is 17.8 Å². The molecule has 0 aliphatic carbocycles. The zero-order valence-electron chi connectivity index (χ0n) is 18.8. The fourth-order valence-electron chi connectivity index (χ4n) is 2.49. The average Bonchev–Trinajstić information content (AvgIpc) is 2.63. The van der Waals surface area contributed by atoms with Gasteiger partial charge in [-0.3, -0.25) is 0 Å². The van der Waals surface area contributed by atoms with Crippen LogP contribution in [-0.4, -0.2) is 43.0 Å². The molecule has 164 valence electrons. The number of ether oxygens (including phenoxy) is 3. The molecule has 0 saturated carbocycles. The highest BCUT2D eigenvalue weighted by molar-refractivity contribution is 5.81. The van der Waals surface area contributed by atoms with E-state index in [4.69, 9.17) is 14.2 Å². The monoisotopic (exact) mass is 416 g/mol. The van der Waals surface area contributed by atoms with Gasteiger partial charge in [0.05, 0.1) is 12.6 Å². The summed E-state index contributed by atoms with van der Waals surface area (Å²) in [7, 11) is 1.29. The van der Waals surface area contributed by atoms with Gasteiger partial charge in [-0.15, -0.1) is 5.92 Å². The number of carbonyl (C=O) groups excluding carboxylic acids is 2. The van der Waals surface area contributed by atoms with Crippen LogP contribution in [0.3, 0.4) is 0 Å². The molecule has 30 heavy (non-hydrogen) atoms. The minimum absolute atomic E-state index is 0.310. The van der Waals surface area contributed by atoms with Crippen LogP contribution in [0.25, 0.3) is 5.70 Å². The first-order valence-corrected chi connectivity index (χ1v) is 9.57. The lowest BCUT2D eigenvalue weighted by Crippen LogP contribution is -2.61. The molecule has 7 nitrogen and oxygen atoms in total. The molecule has 1 rings (SSSR count). The number of hydrogen-bond donors (Lipinski definition) is 2. The van der Waals surface area contributed by atoms with E-state index in [1.165, 1.54) is 7.11 Å². The largest absolute Gasteiger partial charge is 0.481 e. The third-order valence-electron chi connectivity index (χ3n) is 3.99. The number of hydrogen-bond acceptors (Lipinski definition) is 6. The molecule has 2 N–H and O–H groups in total. The summed E-state index contributed by atoms with van der Waals surface area (Å²) >= 11 is 0. The van der Waals surface area contributed by atoms with E-state index in [2.05, 4.69) is 29.1 Å². The summed E-state index contributed by atoms with van der Waals surface area (Å²) in [5.41, 5.74) is -0.444. The first kappa shape index (κ1) is 24.9. The standard InChI is InChI=1S/C23H32N2O5/c1-9-10-15-29-18-13-11-17(12-14-18)16(2)24-19(20(26)28-8)23(6,7)25-21(27)30-22(3,4)5/h11-14,19,24H,2,15H2,1,3-8H3,(H,25,27)/t19-/m1/s1. The van der Waals surface area contributed by atoms with Crippen LogP contribution in [0, 0.1) is 11.8 Å². The van der Waals surface area contributed by atoms with Gasteiger partial charge >= 0.3 is 12.1 Å². The van der Waals surface area contributed by atoms with Crippen LogP contribution in [0.15, 0.2) is 30.8 Å². The molecule has 1 aromatic rings. The van der Waals surface area contributed by atoms with Crippen molar-refractivity contribution in [1.82, 2.24) is 10.6 Å². The predicted octanol–water partition coefficient (Wildman–Crippen LogP) is 3.49. The Morgan fingerprint density at radius 3 is 2.23 bits per heavy atom. The van der Waals surface area contributed by atoms with E-state index < -0.39 is 29.2 Å². The number of alkyl carbamates (subject to hydrolysis) is 1. The van der Waals surface area contributed by atoms with Crippen LogP contribution >= 0.6 is 0 Å². The molecule has 1 atom stereocenters. The second-order valence-electron chi connectivity index (χ2n) is 8.17. The molecule has 0 aliphatic heterocycles. The molecule has 0 saturated heterocycles. The molecule has 0 unspecified atom stereocenters. The van der Waals surface area contributed by atoms with Crippen molar-refractivity contribution in [2.75, 3.05) is 13.7 Å². The molecular formula is C23H32N2O5. The topological polar surface area (TPSA) is 85.9 Å². The van der Waals surface area contributed by atoms with Gasteiger partial charge in [0.1, 0.15) is 24.0 Å². The Labute approximate surface area is 179 Å². The fourth-order valence-corrected chi connectivity index (χ4v) is 2.49. The smallest absolute Gasteiger partial charge is 0.408 e. The van der Waals surface area contributed by atoms with Gasteiger partial charge in [-0.25, -0.2) is 9.59 Å². The van der Waals surface area contributed by atoms with Crippen LogP contribution in [0.4, 0.5) is 4.79 Å². The number of methoxy groups -OCH3 is 1. The van der Waals surface area contributed by atoms with E-state index in [0.29, 0.717) is 18.1 Å². The van der Waals surface area contributed by atoms with E-state index in [1.54, 1.807) is 53.7 Å². The van der Waals surface area contributed by atoms with Crippen molar-refractivity contribution < 1.29 is 23.8 Å². The third kappa shape index (κ3) is 8.08. The van der Waals surface area contributed by atoms with Crippen LogP contribution in [-0.2, 0) is 14.3 Å². The van der Waals surface area contributed by atoms with E-state index in [-0.39, 0.29) is 0 Å². The van der Waals surface area contributed by atoms with Crippen LogP contribution in [0.5, 0.6) is 5.75 Å². The van der Waals surface area contributed by atoms with Gasteiger partial charge in [-0.1, -0.05) is 12.5 Å². The van der Waals surface area contributed by atoms with Gasteiger partial charge in [0, 0.05) is 5.70 Å². The Morgan fingerprint density at radius 2 is 1.73 bits per heavy atom. The van der Waals surface area contributed by atoms with Gasteiger partial charge in [-0.05, 0) is 71.4 Å². The predicted molar refractivity (Wildman–Crippen MR) is 117 cm³/mol. The molecule has 0 radical (unpaired) electrons. The molecular weight excluding hydrogens is 384 g/mol. The van der Waals surface area contributed by atoms with Gasteiger partial charge in [0.15, 0.2) is 0 Å². The average molecular weight is 417 g/mol. The summed E-state index contributed by atoms with van der Waals surface area (Å²) in [5.74, 6) is 5.72. The maximum atomic E-state index is 12.4. The van der Waals surface area contributed by atoms with Crippen molar-refractivity contribution in [3.05, 3.63) is 36.4 Å². The second-order valence-corrected chi connectivity index (χ2v) is 8.17. The number of amides is 1. The molecule has 7 heteroatoms. The Bertz CT molecular complexity index is 811. The van der Waals surface area contributed by atoms with Crippen molar-refractivity contribution in [2.24, 2.45) is 0 Å². The third-order valence-corrected chi connectivity index (χ3v) is 3.99. The molecule has 1 amide bonds. The number of carbonyl (C=O) groups is 2. The van der Waals surface area contributed by atoms with Crippen molar-refractivity contribution in [3.63, 3.8) is 0 Å². The lowest BCUT2D eigenvalue weighted by atomic mass is 9.93. The Hall–Kier alpha value is -3.14. The minimum Gasteiger partial charge on any atom is -0.481 e. The van der Waals surface area contributed by atoms with Gasteiger partial charge < -0.3 is 24.8 Å². The molecule has 0 aliphatic rings. The van der Waals surface area contributed by atoms with Crippen LogP contribution in [0.1, 0.15) is 47.1 Å². The molecule has 0 bridgehead atoms. The summed E-state index contributed by atoms with van der Waals surface area (Å²) in [6.45, 7) is 14.8. The maximum Gasteiger partial charge on any atom is 0.408 e. The summed E-state index contributed by atoms with van der Waals surface area (Å²) in [6, 6.07) is 6.30. The van der Waals surface area contributed by atoms with Crippen molar-refractivity contribution in [1.29, 1.82) is 0 Å². The molecule has 1 aromatic carbocycles. The zero-order chi connectivity index (χ0) is 22.9. The Balaban J connectivity index is 2.93. The second kappa shape index (κ2) is 10.6. The molecule has 0 aromatic heterocycles. The van der Waals surface area contributed by atoms with E-state index in [1.807, 2.05) is 12.1 Å². The molecule has 0 fully saturated rings. The highest BCUT2D eigenvalue weighted by Gasteiger charge is 2.39. The summed E-state index contributed by atoms with van der Waals surface area (Å²) in [4.78, 5) is 24.7. The zero-order valence-corrected chi connectivity index (χ0v) is 18.8. The van der Waals surface area contributed by atoms with Gasteiger partial charge in [-0.2, -0.15) is 0 Å². The minimum atomic E-state index is -1.03. The van der Waals surface area contributed by atoms with Crippen molar-refractivity contribution in [3.8, 4) is 17.6 Å². The maximum absolute atomic E-state index is 12.4. The highest BCUT2D eigenvalue weighted by atomic mass is 16.6. The SMILES string of the molecule is C=C(N[C@H](C(=O)OC)C(C)(C)NC(=O)OC(C)(C)C)c1ccc(OCC#CC)cc1. The number of benzene rings is 1. The van der Waals surface area contributed by atoms with E-state index in [9.17, 15) is 9.59 Å². The first-order chi connectivity index (χ1) is 13.9.